The molecule has 1 saturated heterocycles. The highest BCUT2D eigenvalue weighted by Gasteiger charge is 2.23. The quantitative estimate of drug-likeness (QED) is 0.846. The van der Waals surface area contributed by atoms with Crippen molar-refractivity contribution < 1.29 is 0 Å². The summed E-state index contributed by atoms with van der Waals surface area (Å²) in [5.41, 5.74) is 0.260. The molecular formula is C11H14BrN5O. The third-order valence-corrected chi connectivity index (χ3v) is 4.11. The third kappa shape index (κ3) is 1.92. The van der Waals surface area contributed by atoms with Crippen molar-refractivity contribution >= 4 is 27.4 Å². The molecule has 3 rings (SSSR count). The zero-order valence-electron chi connectivity index (χ0n) is 9.84. The topological polar surface area (TPSA) is 66.3 Å². The first-order valence-corrected chi connectivity index (χ1v) is 7.19. The normalized spacial score (nSPS) is 20.5. The Hall–Kier alpha value is -1.37. The zero-order valence-corrected chi connectivity index (χ0v) is 11.4. The summed E-state index contributed by atoms with van der Waals surface area (Å²) in [5, 5.41) is 11.6. The van der Waals surface area contributed by atoms with Crippen molar-refractivity contribution in [1.82, 2.24) is 19.8 Å². The molecule has 1 N–H and O–H groups in total. The maximum atomic E-state index is 11.5. The molecule has 18 heavy (non-hydrogen) atoms. The fraction of sp³-hybridized carbons (Fsp3) is 0.545. The maximum absolute atomic E-state index is 11.5. The lowest BCUT2D eigenvalue weighted by molar-refractivity contribution is 0.485. The molecular weight excluding hydrogens is 298 g/mol. The summed E-state index contributed by atoms with van der Waals surface area (Å²) in [6, 6.07) is 4.20. The molecule has 2 aromatic heterocycles. The number of aromatic amines is 1. The molecule has 96 valence electrons. The van der Waals surface area contributed by atoms with Crippen molar-refractivity contribution in [2.45, 2.75) is 25.3 Å². The van der Waals surface area contributed by atoms with Crippen LogP contribution in [0.1, 0.15) is 19.3 Å². The zero-order chi connectivity index (χ0) is 12.5. The van der Waals surface area contributed by atoms with Crippen LogP contribution in [0.5, 0.6) is 0 Å². The molecule has 0 saturated carbocycles. The standard InChI is InChI=1S/C11H14BrN5O/c12-7-8-3-1-2-6-16(8)10-5-4-9-13-14-11(18)17(9)15-10/h4-5,8H,1-3,6-7H2,(H,14,18). The molecule has 6 nitrogen and oxygen atoms in total. The Bertz CT molecular complexity index is 607. The first-order chi connectivity index (χ1) is 8.79. The van der Waals surface area contributed by atoms with Crippen LogP contribution in [0.4, 0.5) is 5.82 Å². The largest absolute Gasteiger partial charge is 0.364 e. The minimum Gasteiger partial charge on any atom is -0.351 e. The number of anilines is 1. The van der Waals surface area contributed by atoms with Crippen LogP contribution in [0.2, 0.25) is 0 Å². The van der Waals surface area contributed by atoms with E-state index in [1.54, 1.807) is 0 Å². The Morgan fingerprint density at radius 3 is 3.17 bits per heavy atom. The Labute approximate surface area is 112 Å². The third-order valence-electron chi connectivity index (χ3n) is 3.36. The van der Waals surface area contributed by atoms with E-state index in [9.17, 15) is 4.79 Å². The van der Waals surface area contributed by atoms with Crippen molar-refractivity contribution in [3.05, 3.63) is 22.6 Å². The molecule has 0 aromatic carbocycles. The monoisotopic (exact) mass is 311 g/mol. The highest BCUT2D eigenvalue weighted by atomic mass is 79.9. The molecule has 1 atom stereocenters. The van der Waals surface area contributed by atoms with E-state index >= 15 is 0 Å². The van der Waals surface area contributed by atoms with Gasteiger partial charge in [-0.15, -0.1) is 5.10 Å². The van der Waals surface area contributed by atoms with Crippen LogP contribution in [0.15, 0.2) is 16.9 Å². The minimum absolute atomic E-state index is 0.292. The molecule has 0 radical (unpaired) electrons. The van der Waals surface area contributed by atoms with Gasteiger partial charge in [0.1, 0.15) is 5.82 Å². The van der Waals surface area contributed by atoms with E-state index < -0.39 is 0 Å². The van der Waals surface area contributed by atoms with Crippen LogP contribution >= 0.6 is 15.9 Å². The van der Waals surface area contributed by atoms with Crippen molar-refractivity contribution in [3.63, 3.8) is 0 Å². The number of rotatable bonds is 2. The number of fused-ring (bicyclic) bond motifs is 1. The first-order valence-electron chi connectivity index (χ1n) is 6.06. The van der Waals surface area contributed by atoms with E-state index in [-0.39, 0.29) is 5.69 Å². The number of nitrogens with one attached hydrogen (secondary N) is 1. The molecule has 1 fully saturated rings. The number of hydrogen-bond acceptors (Lipinski definition) is 4. The van der Waals surface area contributed by atoms with Crippen LogP contribution < -0.4 is 10.6 Å². The molecule has 0 amide bonds. The SMILES string of the molecule is O=c1[nH]nc2ccc(N3CCCCC3CBr)nn12. The van der Waals surface area contributed by atoms with E-state index in [1.807, 2.05) is 12.1 Å². The summed E-state index contributed by atoms with van der Waals surface area (Å²) in [5.74, 6) is 0.843. The first kappa shape index (κ1) is 11.7. The number of H-pyrrole nitrogens is 1. The second kappa shape index (κ2) is 4.72. The van der Waals surface area contributed by atoms with Gasteiger partial charge in [-0.2, -0.15) is 9.61 Å². The summed E-state index contributed by atoms with van der Waals surface area (Å²) < 4.78 is 1.31. The second-order valence-corrected chi connectivity index (χ2v) is 5.14. The van der Waals surface area contributed by atoms with Crippen LogP contribution in [0, 0.1) is 0 Å². The van der Waals surface area contributed by atoms with Gasteiger partial charge in [-0.05, 0) is 31.4 Å². The van der Waals surface area contributed by atoms with Gasteiger partial charge in [0.25, 0.3) is 0 Å². The fourth-order valence-corrected chi connectivity index (χ4v) is 3.08. The number of hydrogen-bond donors (Lipinski definition) is 1. The lowest BCUT2D eigenvalue weighted by Crippen LogP contribution is -2.41. The summed E-state index contributed by atoms with van der Waals surface area (Å²) in [4.78, 5) is 13.8. The molecule has 1 unspecified atom stereocenters. The highest BCUT2D eigenvalue weighted by molar-refractivity contribution is 9.09. The number of alkyl halides is 1. The van der Waals surface area contributed by atoms with E-state index in [2.05, 4.69) is 36.1 Å². The summed E-state index contributed by atoms with van der Waals surface area (Å²) >= 11 is 3.55. The van der Waals surface area contributed by atoms with Crippen LogP contribution in [0.25, 0.3) is 5.65 Å². The molecule has 0 spiro atoms. The van der Waals surface area contributed by atoms with Crippen LogP contribution in [0.3, 0.4) is 0 Å². The van der Waals surface area contributed by atoms with Crippen molar-refractivity contribution in [2.75, 3.05) is 16.8 Å². The molecule has 3 heterocycles. The lowest BCUT2D eigenvalue weighted by Gasteiger charge is -2.35. The Balaban J connectivity index is 2.01. The van der Waals surface area contributed by atoms with Crippen molar-refractivity contribution in [2.24, 2.45) is 0 Å². The maximum Gasteiger partial charge on any atom is 0.364 e. The average molecular weight is 312 g/mol. The lowest BCUT2D eigenvalue weighted by atomic mass is 10.0. The van der Waals surface area contributed by atoms with Gasteiger partial charge in [-0.1, -0.05) is 15.9 Å². The molecule has 1 aliphatic rings. The summed E-state index contributed by atoms with van der Waals surface area (Å²) in [6.45, 7) is 0.987. The molecule has 2 aromatic rings. The average Bonchev–Trinajstić information content (AvgIpc) is 2.80. The Kier molecular flexibility index (Phi) is 3.07. The van der Waals surface area contributed by atoms with E-state index in [0.29, 0.717) is 11.7 Å². The molecule has 1 aliphatic heterocycles. The van der Waals surface area contributed by atoms with Gasteiger partial charge in [-0.3, -0.25) is 0 Å². The van der Waals surface area contributed by atoms with Gasteiger partial charge in [0, 0.05) is 17.9 Å². The molecule has 7 heteroatoms. The predicted molar refractivity (Wildman–Crippen MR) is 72.4 cm³/mol. The van der Waals surface area contributed by atoms with Gasteiger partial charge in [0.05, 0.1) is 0 Å². The van der Waals surface area contributed by atoms with E-state index in [4.69, 9.17) is 0 Å². The van der Waals surface area contributed by atoms with Crippen molar-refractivity contribution in [3.8, 4) is 0 Å². The number of aromatic nitrogens is 4. The van der Waals surface area contributed by atoms with Gasteiger partial charge < -0.3 is 4.90 Å². The number of piperidine rings is 1. The van der Waals surface area contributed by atoms with Crippen molar-refractivity contribution in [1.29, 1.82) is 0 Å². The molecule has 0 bridgehead atoms. The predicted octanol–water partition coefficient (Wildman–Crippen LogP) is 1.17. The van der Waals surface area contributed by atoms with Gasteiger partial charge in [0.2, 0.25) is 0 Å². The van der Waals surface area contributed by atoms with Gasteiger partial charge >= 0.3 is 5.69 Å². The van der Waals surface area contributed by atoms with Gasteiger partial charge in [0.15, 0.2) is 5.65 Å². The minimum atomic E-state index is -0.292. The van der Waals surface area contributed by atoms with E-state index in [0.717, 1.165) is 24.1 Å². The summed E-state index contributed by atoms with van der Waals surface area (Å²) in [7, 11) is 0. The fourth-order valence-electron chi connectivity index (χ4n) is 2.41. The summed E-state index contributed by atoms with van der Waals surface area (Å²) in [6.07, 6.45) is 3.58. The number of halogens is 1. The van der Waals surface area contributed by atoms with Gasteiger partial charge in [-0.25, -0.2) is 9.89 Å². The molecule has 0 aliphatic carbocycles. The second-order valence-electron chi connectivity index (χ2n) is 4.49. The van der Waals surface area contributed by atoms with Crippen LogP contribution in [-0.2, 0) is 0 Å². The Morgan fingerprint density at radius 1 is 1.44 bits per heavy atom. The smallest absolute Gasteiger partial charge is 0.351 e. The van der Waals surface area contributed by atoms with E-state index in [1.165, 1.54) is 17.4 Å². The Morgan fingerprint density at radius 2 is 2.33 bits per heavy atom. The highest BCUT2D eigenvalue weighted by Crippen LogP contribution is 2.23. The van der Waals surface area contributed by atoms with Crippen LogP contribution in [-0.4, -0.2) is 37.7 Å². The number of nitrogens with zero attached hydrogens (tertiary/aromatic N) is 4.